The average molecular weight is 168 g/mol. The molecule has 0 saturated heterocycles. The summed E-state index contributed by atoms with van der Waals surface area (Å²) >= 11 is 0. The maximum Gasteiger partial charge on any atom is 1.00 e. The topological polar surface area (TPSA) is 74.6 Å². The number of rotatable bonds is 0. The maximum absolute atomic E-state index is 8.74. The number of hydrogen-bond donors (Lipinski definition) is 2. The second-order valence-corrected chi connectivity index (χ2v) is 1.34. The third-order valence-electron chi connectivity index (χ3n) is 0. The first kappa shape index (κ1) is 16.0. The minimum Gasteiger partial charge on any atom is -1.00 e. The Kier molecular flexibility index (Phi) is 14.1. The molecule has 0 fully saturated rings. The first-order chi connectivity index (χ1) is 2.00. The van der Waals surface area contributed by atoms with E-state index in [0.29, 0.717) is 0 Å². The van der Waals surface area contributed by atoms with Crippen LogP contribution in [-0.4, -0.2) is 34.9 Å². The monoisotopic (exact) mass is 168 g/mol. The van der Waals surface area contributed by atoms with Crippen molar-refractivity contribution in [2.75, 3.05) is 0 Å². The summed E-state index contributed by atoms with van der Waals surface area (Å²) in [5.74, 6) is 0. The van der Waals surface area contributed by atoms with E-state index in [4.69, 9.17) is 17.5 Å². The van der Waals surface area contributed by atoms with Gasteiger partial charge in [0, 0.05) is 0 Å². The summed E-state index contributed by atoms with van der Waals surface area (Å²) in [5.41, 5.74) is 0. The van der Waals surface area contributed by atoms with Gasteiger partial charge in [-0.25, -0.2) is 0 Å². The van der Waals surface area contributed by atoms with Crippen molar-refractivity contribution >= 4 is 27.8 Å². The van der Waals surface area contributed by atoms with Crippen molar-refractivity contribution < 1.29 is 70.3 Å². The van der Waals surface area contributed by atoms with Crippen LogP contribution >= 0.6 is 0 Å². The van der Waals surface area contributed by atoms with Crippen molar-refractivity contribution in [3.05, 3.63) is 0 Å². The Labute approximate surface area is 96.3 Å². The van der Waals surface area contributed by atoms with E-state index >= 15 is 0 Å². The standard InChI is InChI=1S/Al.K.H2O4S.4H/c;;1-5(2,3)4;;;;/h;;(H2,1,2,3,4);;;;/q;+1;;;;;-1. The molecule has 2 N–H and O–H groups in total. The van der Waals surface area contributed by atoms with Crippen LogP contribution in [0.15, 0.2) is 0 Å². The predicted octanol–water partition coefficient (Wildman–Crippen LogP) is -4.72. The maximum atomic E-state index is 8.74. The molecule has 7 heteroatoms. The quantitative estimate of drug-likeness (QED) is 0.281. The van der Waals surface area contributed by atoms with Crippen molar-refractivity contribution in [2.45, 2.75) is 0 Å². The minimum atomic E-state index is -4.67. The normalized spacial score (nSPS) is 8.29. The van der Waals surface area contributed by atoms with E-state index in [1.807, 2.05) is 0 Å². The summed E-state index contributed by atoms with van der Waals surface area (Å²) < 4.78 is 31.6. The van der Waals surface area contributed by atoms with Gasteiger partial charge in [-0.05, 0) is 0 Å². The molecule has 0 spiro atoms. The summed E-state index contributed by atoms with van der Waals surface area (Å²) in [5, 5.41) is 0. The van der Waals surface area contributed by atoms with Crippen molar-refractivity contribution in [1.29, 1.82) is 0 Å². The van der Waals surface area contributed by atoms with E-state index in [0.717, 1.165) is 0 Å². The Balaban J connectivity index is -0.0000000267. The molecular formula is H6AlKO4S. The Morgan fingerprint density at radius 1 is 1.29 bits per heavy atom. The Morgan fingerprint density at radius 2 is 1.29 bits per heavy atom. The molecule has 0 aliphatic heterocycles. The zero-order valence-corrected chi connectivity index (χ0v) is 7.06. The van der Waals surface area contributed by atoms with Crippen LogP contribution in [0.2, 0.25) is 0 Å². The zero-order valence-electron chi connectivity index (χ0n) is 4.12. The van der Waals surface area contributed by atoms with Crippen molar-refractivity contribution in [3.63, 3.8) is 0 Å². The van der Waals surface area contributed by atoms with E-state index in [1.165, 1.54) is 0 Å². The third-order valence-corrected chi connectivity index (χ3v) is 0. The van der Waals surface area contributed by atoms with Gasteiger partial charge in [-0.2, -0.15) is 8.42 Å². The van der Waals surface area contributed by atoms with E-state index in [-0.39, 0.29) is 70.2 Å². The first-order valence-electron chi connectivity index (χ1n) is 0.698. The molecule has 40 valence electrons. The molecule has 0 rings (SSSR count). The fourth-order valence-electron chi connectivity index (χ4n) is 0. The average Bonchev–Trinajstić information content (AvgIpc) is 0.722. The fraction of sp³-hybridized carbons (Fsp3) is 0. The van der Waals surface area contributed by atoms with Crippen LogP contribution in [0, 0.1) is 0 Å². The molecule has 7 heavy (non-hydrogen) atoms. The van der Waals surface area contributed by atoms with Gasteiger partial charge in [-0.15, -0.1) is 0 Å². The van der Waals surface area contributed by atoms with E-state index in [2.05, 4.69) is 0 Å². The zero-order chi connectivity index (χ0) is 4.50. The Hall–Kier alpha value is 2.04. The largest absolute Gasteiger partial charge is 1.00 e. The second-order valence-electron chi connectivity index (χ2n) is 0.448. The van der Waals surface area contributed by atoms with Gasteiger partial charge >= 0.3 is 61.8 Å². The summed E-state index contributed by atoms with van der Waals surface area (Å²) in [6.45, 7) is 0. The van der Waals surface area contributed by atoms with Crippen LogP contribution in [-0.2, 0) is 10.4 Å². The molecule has 0 bridgehead atoms. The second kappa shape index (κ2) is 6.16. The molecule has 0 heterocycles. The Bertz CT molecular complexity index is 99.2. The van der Waals surface area contributed by atoms with Crippen LogP contribution in [0.25, 0.3) is 0 Å². The van der Waals surface area contributed by atoms with Crippen molar-refractivity contribution in [3.8, 4) is 0 Å². The van der Waals surface area contributed by atoms with Crippen LogP contribution in [0.5, 0.6) is 0 Å². The molecule has 0 aliphatic rings. The molecule has 4 nitrogen and oxygen atoms in total. The molecule has 0 aromatic rings. The molecule has 0 amide bonds. The van der Waals surface area contributed by atoms with Crippen molar-refractivity contribution in [1.82, 2.24) is 0 Å². The van der Waals surface area contributed by atoms with Gasteiger partial charge in [0.25, 0.3) is 0 Å². The van der Waals surface area contributed by atoms with Crippen LogP contribution in [0.1, 0.15) is 1.43 Å². The molecular weight excluding hydrogens is 162 g/mol. The van der Waals surface area contributed by atoms with E-state index in [9.17, 15) is 0 Å². The van der Waals surface area contributed by atoms with Crippen LogP contribution in [0.3, 0.4) is 0 Å². The minimum absolute atomic E-state index is 0. The molecule has 0 aromatic heterocycles. The Morgan fingerprint density at radius 3 is 1.29 bits per heavy atom. The summed E-state index contributed by atoms with van der Waals surface area (Å²) in [4.78, 5) is 0. The molecule has 0 saturated carbocycles. The van der Waals surface area contributed by atoms with Gasteiger partial charge in [0.1, 0.15) is 0 Å². The van der Waals surface area contributed by atoms with Gasteiger partial charge < -0.3 is 1.43 Å². The first-order valence-corrected chi connectivity index (χ1v) is 2.10. The smallest absolute Gasteiger partial charge is 1.00 e. The molecule has 0 aliphatic carbocycles. The molecule has 0 unspecified atom stereocenters. The van der Waals surface area contributed by atoms with E-state index < -0.39 is 10.4 Å². The molecule has 0 atom stereocenters. The third kappa shape index (κ3) is 70.5. The summed E-state index contributed by atoms with van der Waals surface area (Å²) in [7, 11) is -4.67. The van der Waals surface area contributed by atoms with E-state index in [1.54, 1.807) is 0 Å². The summed E-state index contributed by atoms with van der Waals surface area (Å²) in [6.07, 6.45) is 0. The summed E-state index contributed by atoms with van der Waals surface area (Å²) in [6, 6.07) is 0. The predicted molar refractivity (Wildman–Crippen MR) is 25.2 cm³/mol. The van der Waals surface area contributed by atoms with Crippen LogP contribution < -0.4 is 51.4 Å². The van der Waals surface area contributed by atoms with Gasteiger partial charge in [0.2, 0.25) is 0 Å². The number of hydrogen-bond acceptors (Lipinski definition) is 2. The fourth-order valence-corrected chi connectivity index (χ4v) is 0. The molecule has 0 aromatic carbocycles. The van der Waals surface area contributed by atoms with Crippen molar-refractivity contribution in [2.24, 2.45) is 0 Å². The van der Waals surface area contributed by atoms with Gasteiger partial charge in [-0.1, -0.05) is 0 Å². The van der Waals surface area contributed by atoms with Gasteiger partial charge in [0.05, 0.1) is 0 Å². The SMILES string of the molecule is O=S(=O)(O)O.[AlH3].[H-].[K+]. The van der Waals surface area contributed by atoms with Gasteiger partial charge in [-0.3, -0.25) is 9.11 Å². The van der Waals surface area contributed by atoms with Gasteiger partial charge in [0.15, 0.2) is 17.4 Å². The molecule has 0 radical (unpaired) electrons. The van der Waals surface area contributed by atoms with Crippen LogP contribution in [0.4, 0.5) is 0 Å².